The number of hydrogen-bond acceptors (Lipinski definition) is 4. The summed E-state index contributed by atoms with van der Waals surface area (Å²) in [5.74, 6) is 1.99. The number of urea groups is 1. The number of nitrogens with zero attached hydrogens (tertiary/aromatic N) is 1. The van der Waals surface area contributed by atoms with Crippen LogP contribution in [0.3, 0.4) is 0 Å². The monoisotopic (exact) mass is 464 g/mol. The molecule has 7 heteroatoms. The van der Waals surface area contributed by atoms with Crippen LogP contribution < -0.4 is 20.7 Å². The first-order chi connectivity index (χ1) is 16.4. The zero-order valence-corrected chi connectivity index (χ0v) is 20.5. The molecule has 0 aliphatic heterocycles. The third kappa shape index (κ3) is 7.33. The van der Waals surface area contributed by atoms with Crippen LogP contribution in [0.15, 0.2) is 60.3 Å². The number of anilines is 1. The zero-order valence-electron chi connectivity index (χ0n) is 20.5. The molecular weight excluding hydrogens is 428 g/mol. The minimum Gasteiger partial charge on any atom is -0.497 e. The maximum Gasteiger partial charge on any atom is 0.319 e. The summed E-state index contributed by atoms with van der Waals surface area (Å²) >= 11 is 0. The van der Waals surface area contributed by atoms with Crippen molar-refractivity contribution in [2.45, 2.75) is 40.2 Å². The number of pyridine rings is 1. The van der Waals surface area contributed by atoms with Crippen LogP contribution >= 0.6 is 0 Å². The molecule has 3 amide bonds. The van der Waals surface area contributed by atoms with E-state index in [1.807, 2.05) is 36.4 Å². The van der Waals surface area contributed by atoms with Gasteiger partial charge in [-0.25, -0.2) is 4.79 Å². The first kappa shape index (κ1) is 25.3. The van der Waals surface area contributed by atoms with E-state index >= 15 is 0 Å². The summed E-state index contributed by atoms with van der Waals surface area (Å²) in [6, 6.07) is 12.7. The zero-order chi connectivity index (χ0) is 24.5. The number of benzene rings is 1. The highest BCUT2D eigenvalue weighted by atomic mass is 16.5. The summed E-state index contributed by atoms with van der Waals surface area (Å²) in [5, 5.41) is 8.87. The Morgan fingerprint density at radius 3 is 2.68 bits per heavy atom. The molecule has 0 bridgehead atoms. The Hall–Kier alpha value is -3.35. The summed E-state index contributed by atoms with van der Waals surface area (Å²) in [6.45, 7) is 7.50. The van der Waals surface area contributed by atoms with Crippen LogP contribution in [0.4, 0.5) is 10.5 Å². The number of hydrogen-bond donors (Lipinski definition) is 3. The number of rotatable bonds is 9. The molecule has 0 radical (unpaired) electrons. The second-order valence-electron chi connectivity index (χ2n) is 9.28. The molecule has 2 aromatic rings. The van der Waals surface area contributed by atoms with Gasteiger partial charge in [0.1, 0.15) is 5.75 Å². The molecule has 1 aromatic heterocycles. The SMILES string of the molecule is COc1cccc(NC(=O)NC[C@@H]2C=C(C)[C@H](CC(=O)NCc3ccccn3)C[C@H]2C(C)C)c1. The van der Waals surface area contributed by atoms with Gasteiger partial charge in [0.25, 0.3) is 0 Å². The van der Waals surface area contributed by atoms with Crippen molar-refractivity contribution in [1.82, 2.24) is 15.6 Å². The lowest BCUT2D eigenvalue weighted by Gasteiger charge is -2.37. The summed E-state index contributed by atoms with van der Waals surface area (Å²) in [4.78, 5) is 29.3. The van der Waals surface area contributed by atoms with Crippen molar-refractivity contribution in [3.63, 3.8) is 0 Å². The van der Waals surface area contributed by atoms with Gasteiger partial charge in [0.15, 0.2) is 0 Å². The van der Waals surface area contributed by atoms with E-state index in [2.05, 4.69) is 47.8 Å². The lowest BCUT2D eigenvalue weighted by molar-refractivity contribution is -0.122. The van der Waals surface area contributed by atoms with Crippen LogP contribution in [0.2, 0.25) is 0 Å². The van der Waals surface area contributed by atoms with Crippen molar-refractivity contribution in [3.8, 4) is 5.75 Å². The Morgan fingerprint density at radius 2 is 1.97 bits per heavy atom. The number of nitrogens with one attached hydrogen (secondary N) is 3. The number of amides is 3. The van der Waals surface area contributed by atoms with Gasteiger partial charge >= 0.3 is 6.03 Å². The molecule has 182 valence electrons. The Bertz CT molecular complexity index is 990. The normalized spacial score (nSPS) is 19.8. The van der Waals surface area contributed by atoms with E-state index in [-0.39, 0.29) is 23.8 Å². The van der Waals surface area contributed by atoms with Gasteiger partial charge < -0.3 is 20.7 Å². The maximum atomic E-state index is 12.6. The van der Waals surface area contributed by atoms with Crippen LogP contribution in [-0.4, -0.2) is 30.6 Å². The molecule has 3 atom stereocenters. The predicted molar refractivity (Wildman–Crippen MR) is 134 cm³/mol. The van der Waals surface area contributed by atoms with E-state index in [1.54, 1.807) is 19.4 Å². The lowest BCUT2D eigenvalue weighted by Crippen LogP contribution is -2.39. The second kappa shape index (κ2) is 12.2. The average Bonchev–Trinajstić information content (AvgIpc) is 2.83. The molecule has 3 rings (SSSR count). The van der Waals surface area contributed by atoms with E-state index in [9.17, 15) is 9.59 Å². The summed E-state index contributed by atoms with van der Waals surface area (Å²) < 4.78 is 5.21. The van der Waals surface area contributed by atoms with Crippen LogP contribution in [0, 0.1) is 23.7 Å². The standard InChI is InChI=1S/C27H36N4O3/c1-18(2)25-13-20(14-26(32)29-17-23-8-5-6-11-28-23)19(3)12-21(25)16-30-27(33)31-22-9-7-10-24(15-22)34-4/h5-12,15,18,20-21,25H,13-14,16-17H2,1-4H3,(H,29,32)(H2,30,31,33)/t20-,21-,25-/m0/s1. The number of aromatic nitrogens is 1. The molecule has 0 saturated heterocycles. The predicted octanol–water partition coefficient (Wildman–Crippen LogP) is 4.77. The minimum absolute atomic E-state index is 0.0418. The Kier molecular flexibility index (Phi) is 9.08. The number of methoxy groups -OCH3 is 1. The molecular formula is C27H36N4O3. The van der Waals surface area contributed by atoms with E-state index in [0.29, 0.717) is 42.8 Å². The third-order valence-electron chi connectivity index (χ3n) is 6.53. The number of ether oxygens (including phenoxy) is 1. The van der Waals surface area contributed by atoms with Gasteiger partial charge in [-0.2, -0.15) is 0 Å². The lowest BCUT2D eigenvalue weighted by atomic mass is 9.70. The molecule has 0 spiro atoms. The number of carbonyl (C=O) groups excluding carboxylic acids is 2. The topological polar surface area (TPSA) is 92.4 Å². The fourth-order valence-electron chi connectivity index (χ4n) is 4.58. The van der Waals surface area contributed by atoms with Crippen molar-refractivity contribution in [3.05, 3.63) is 66.0 Å². The fraction of sp³-hybridized carbons (Fsp3) is 0.444. The molecule has 7 nitrogen and oxygen atoms in total. The van der Waals surface area contributed by atoms with Crippen molar-refractivity contribution < 1.29 is 14.3 Å². The Morgan fingerprint density at radius 1 is 1.15 bits per heavy atom. The quantitative estimate of drug-likeness (QED) is 0.466. The van der Waals surface area contributed by atoms with Crippen LogP contribution in [0.5, 0.6) is 5.75 Å². The molecule has 1 aromatic carbocycles. The highest BCUT2D eigenvalue weighted by molar-refractivity contribution is 5.89. The van der Waals surface area contributed by atoms with E-state index in [4.69, 9.17) is 4.74 Å². The number of allylic oxidation sites excluding steroid dienone is 1. The molecule has 0 saturated carbocycles. The molecule has 3 N–H and O–H groups in total. The van der Waals surface area contributed by atoms with Crippen molar-refractivity contribution in [1.29, 1.82) is 0 Å². The molecule has 0 unspecified atom stereocenters. The van der Waals surface area contributed by atoms with Gasteiger partial charge in [0.05, 0.1) is 19.3 Å². The fourth-order valence-corrected chi connectivity index (χ4v) is 4.58. The van der Waals surface area contributed by atoms with Crippen LogP contribution in [0.25, 0.3) is 0 Å². The van der Waals surface area contributed by atoms with Crippen LogP contribution in [-0.2, 0) is 11.3 Å². The number of carbonyl (C=O) groups is 2. The smallest absolute Gasteiger partial charge is 0.319 e. The van der Waals surface area contributed by atoms with Gasteiger partial charge in [0, 0.05) is 30.9 Å². The largest absolute Gasteiger partial charge is 0.497 e. The summed E-state index contributed by atoms with van der Waals surface area (Å²) in [7, 11) is 1.60. The summed E-state index contributed by atoms with van der Waals surface area (Å²) in [5.41, 5.74) is 2.75. The Labute approximate surface area is 202 Å². The highest BCUT2D eigenvalue weighted by Crippen LogP contribution is 2.38. The van der Waals surface area contributed by atoms with Crippen molar-refractivity contribution in [2.75, 3.05) is 19.0 Å². The maximum absolute atomic E-state index is 12.6. The van der Waals surface area contributed by atoms with Gasteiger partial charge in [-0.15, -0.1) is 0 Å². The van der Waals surface area contributed by atoms with Crippen molar-refractivity contribution >= 4 is 17.6 Å². The summed E-state index contributed by atoms with van der Waals surface area (Å²) in [6.07, 6.45) is 5.38. The molecule has 0 fully saturated rings. The second-order valence-corrected chi connectivity index (χ2v) is 9.28. The van der Waals surface area contributed by atoms with E-state index in [0.717, 1.165) is 12.1 Å². The van der Waals surface area contributed by atoms with Gasteiger partial charge in [-0.05, 0) is 61.3 Å². The molecule has 34 heavy (non-hydrogen) atoms. The highest BCUT2D eigenvalue weighted by Gasteiger charge is 2.32. The van der Waals surface area contributed by atoms with Crippen LogP contribution in [0.1, 0.15) is 39.3 Å². The average molecular weight is 465 g/mol. The third-order valence-corrected chi connectivity index (χ3v) is 6.53. The van der Waals surface area contributed by atoms with E-state index < -0.39 is 0 Å². The van der Waals surface area contributed by atoms with E-state index in [1.165, 1.54) is 5.57 Å². The van der Waals surface area contributed by atoms with Gasteiger partial charge in [-0.1, -0.05) is 37.6 Å². The minimum atomic E-state index is -0.238. The molecule has 1 aliphatic rings. The molecule has 1 heterocycles. The van der Waals surface area contributed by atoms with Crippen molar-refractivity contribution in [2.24, 2.45) is 23.7 Å². The first-order valence-corrected chi connectivity index (χ1v) is 11.9. The van der Waals surface area contributed by atoms with Gasteiger partial charge in [0.2, 0.25) is 5.91 Å². The van der Waals surface area contributed by atoms with Gasteiger partial charge in [-0.3, -0.25) is 9.78 Å². The first-order valence-electron chi connectivity index (χ1n) is 11.9. The Balaban J connectivity index is 1.54. The molecule has 1 aliphatic carbocycles.